The van der Waals surface area contributed by atoms with Gasteiger partial charge in [-0.1, -0.05) is 6.07 Å². The van der Waals surface area contributed by atoms with E-state index in [0.29, 0.717) is 17.1 Å². The number of carbonyl (C=O) groups is 2. The Morgan fingerprint density at radius 3 is 2.31 bits per heavy atom. The Morgan fingerprint density at radius 2 is 1.69 bits per heavy atom. The summed E-state index contributed by atoms with van der Waals surface area (Å²) in [5.41, 5.74) is 3.10. The largest absolute Gasteiger partial charge is 0.497 e. The minimum atomic E-state index is -0.731. The third-order valence-electron chi connectivity index (χ3n) is 4.12. The van der Waals surface area contributed by atoms with E-state index >= 15 is 0 Å². The van der Waals surface area contributed by atoms with Crippen LogP contribution in [0.3, 0.4) is 0 Å². The van der Waals surface area contributed by atoms with Crippen LogP contribution in [0.25, 0.3) is 0 Å². The van der Waals surface area contributed by atoms with Crippen molar-refractivity contribution < 1.29 is 14.3 Å². The maximum Gasteiger partial charge on any atom is 0.314 e. The summed E-state index contributed by atoms with van der Waals surface area (Å²) < 4.78 is 5.10. The lowest BCUT2D eigenvalue weighted by Crippen LogP contribution is -2.29. The molecular weight excluding hydrogens is 330 g/mol. The summed E-state index contributed by atoms with van der Waals surface area (Å²) in [6, 6.07) is 12.6. The van der Waals surface area contributed by atoms with Crippen LogP contribution in [0.5, 0.6) is 5.75 Å². The van der Waals surface area contributed by atoms with Crippen LogP contribution < -0.4 is 20.3 Å². The van der Waals surface area contributed by atoms with Gasteiger partial charge in [-0.25, -0.2) is 0 Å². The van der Waals surface area contributed by atoms with Gasteiger partial charge in [0.25, 0.3) is 0 Å². The Kier molecular flexibility index (Phi) is 6.60. The molecule has 26 heavy (non-hydrogen) atoms. The van der Waals surface area contributed by atoms with Crippen LogP contribution in [0.15, 0.2) is 42.5 Å². The zero-order valence-corrected chi connectivity index (χ0v) is 15.6. The quantitative estimate of drug-likeness (QED) is 0.779. The van der Waals surface area contributed by atoms with E-state index in [1.54, 1.807) is 24.3 Å². The third-order valence-corrected chi connectivity index (χ3v) is 4.12. The molecule has 0 saturated heterocycles. The number of methoxy groups -OCH3 is 1. The van der Waals surface area contributed by atoms with Gasteiger partial charge in [-0.3, -0.25) is 9.59 Å². The maximum atomic E-state index is 12.2. The number of hydrogen-bond donors (Lipinski definition) is 2. The summed E-state index contributed by atoms with van der Waals surface area (Å²) in [5.74, 6) is -0.844. The van der Waals surface area contributed by atoms with E-state index in [1.807, 2.05) is 25.1 Å². The highest BCUT2D eigenvalue weighted by atomic mass is 16.5. The molecular formula is C20H25N3O3. The van der Waals surface area contributed by atoms with Crippen molar-refractivity contribution in [3.63, 3.8) is 0 Å². The molecule has 0 saturated carbocycles. The molecule has 2 N–H and O–H groups in total. The molecule has 138 valence electrons. The summed E-state index contributed by atoms with van der Waals surface area (Å²) in [7, 11) is 1.54. The number of aryl methyl sites for hydroxylation is 1. The number of anilines is 3. The lowest BCUT2D eigenvalue weighted by atomic mass is 10.1. The van der Waals surface area contributed by atoms with E-state index in [4.69, 9.17) is 4.74 Å². The van der Waals surface area contributed by atoms with Crippen LogP contribution in [0.2, 0.25) is 0 Å². The highest BCUT2D eigenvalue weighted by molar-refractivity contribution is 6.43. The molecule has 6 heteroatoms. The zero-order chi connectivity index (χ0) is 19.1. The molecule has 0 aliphatic rings. The zero-order valence-electron chi connectivity index (χ0n) is 15.6. The number of carbonyl (C=O) groups excluding carboxylic acids is 2. The van der Waals surface area contributed by atoms with Crippen LogP contribution in [0.1, 0.15) is 19.4 Å². The van der Waals surface area contributed by atoms with Gasteiger partial charge in [0.1, 0.15) is 5.75 Å². The van der Waals surface area contributed by atoms with E-state index in [-0.39, 0.29) is 0 Å². The average molecular weight is 355 g/mol. The first-order valence-corrected chi connectivity index (χ1v) is 8.60. The molecule has 6 nitrogen and oxygen atoms in total. The SMILES string of the molecule is CCN(CC)c1ccc(NC(=O)C(=O)Nc2cccc(OC)c2)c(C)c1. The molecule has 0 fully saturated rings. The Hall–Kier alpha value is -3.02. The minimum absolute atomic E-state index is 0.498. The van der Waals surface area contributed by atoms with Crippen molar-refractivity contribution in [1.29, 1.82) is 0 Å². The third kappa shape index (κ3) is 4.75. The van der Waals surface area contributed by atoms with E-state index in [9.17, 15) is 9.59 Å². The molecule has 0 aliphatic heterocycles. The Bertz CT molecular complexity index is 786. The van der Waals surface area contributed by atoms with Crippen LogP contribution in [0.4, 0.5) is 17.1 Å². The van der Waals surface area contributed by atoms with Crippen LogP contribution in [-0.4, -0.2) is 32.0 Å². The molecule has 2 amide bonds. The van der Waals surface area contributed by atoms with Gasteiger partial charge in [-0.2, -0.15) is 0 Å². The maximum absolute atomic E-state index is 12.2. The molecule has 0 bridgehead atoms. The summed E-state index contributed by atoms with van der Waals surface area (Å²) in [5, 5.41) is 5.23. The lowest BCUT2D eigenvalue weighted by molar-refractivity contribution is -0.133. The van der Waals surface area contributed by atoms with Crippen LogP contribution >= 0.6 is 0 Å². The van der Waals surface area contributed by atoms with Crippen molar-refractivity contribution in [2.75, 3.05) is 35.7 Å². The first-order valence-electron chi connectivity index (χ1n) is 8.60. The van der Waals surface area contributed by atoms with Gasteiger partial charge >= 0.3 is 11.8 Å². The van der Waals surface area contributed by atoms with Crippen molar-refractivity contribution >= 4 is 28.9 Å². The molecule has 0 unspecified atom stereocenters. The fraction of sp³-hybridized carbons (Fsp3) is 0.300. The second kappa shape index (κ2) is 8.89. The summed E-state index contributed by atoms with van der Waals surface area (Å²) in [4.78, 5) is 26.5. The van der Waals surface area contributed by atoms with Gasteiger partial charge in [-0.05, 0) is 56.7 Å². The average Bonchev–Trinajstić information content (AvgIpc) is 2.64. The van der Waals surface area contributed by atoms with Gasteiger partial charge in [0.2, 0.25) is 0 Å². The molecule has 2 aromatic carbocycles. The first kappa shape index (κ1) is 19.3. The Labute approximate surface area is 154 Å². The Morgan fingerprint density at radius 1 is 1.00 bits per heavy atom. The predicted molar refractivity (Wildman–Crippen MR) is 105 cm³/mol. The molecule has 2 rings (SSSR count). The molecule has 0 aliphatic carbocycles. The molecule has 0 atom stereocenters. The smallest absolute Gasteiger partial charge is 0.314 e. The molecule has 0 heterocycles. The highest BCUT2D eigenvalue weighted by Gasteiger charge is 2.16. The van der Waals surface area contributed by atoms with Crippen LogP contribution in [-0.2, 0) is 9.59 Å². The lowest BCUT2D eigenvalue weighted by Gasteiger charge is -2.22. The second-order valence-electron chi connectivity index (χ2n) is 5.81. The molecule has 2 aromatic rings. The highest BCUT2D eigenvalue weighted by Crippen LogP contribution is 2.23. The standard InChI is InChI=1S/C20H25N3O3/c1-5-23(6-2)16-10-11-18(14(3)12-16)22-20(25)19(24)21-15-8-7-9-17(13-15)26-4/h7-13H,5-6H2,1-4H3,(H,21,24)(H,22,25). The number of nitrogens with one attached hydrogen (secondary N) is 2. The fourth-order valence-corrected chi connectivity index (χ4v) is 2.64. The minimum Gasteiger partial charge on any atom is -0.497 e. The Balaban J connectivity index is 2.05. The monoisotopic (exact) mass is 355 g/mol. The fourth-order valence-electron chi connectivity index (χ4n) is 2.64. The second-order valence-corrected chi connectivity index (χ2v) is 5.81. The first-order chi connectivity index (χ1) is 12.5. The van der Waals surface area contributed by atoms with Crippen molar-refractivity contribution in [3.05, 3.63) is 48.0 Å². The van der Waals surface area contributed by atoms with Crippen molar-refractivity contribution in [2.24, 2.45) is 0 Å². The van der Waals surface area contributed by atoms with Crippen LogP contribution in [0, 0.1) is 6.92 Å². The molecule has 0 radical (unpaired) electrons. The van der Waals surface area contributed by atoms with Crippen molar-refractivity contribution in [1.82, 2.24) is 0 Å². The van der Waals surface area contributed by atoms with E-state index < -0.39 is 11.8 Å². The van der Waals surface area contributed by atoms with Gasteiger partial charge in [0, 0.05) is 36.2 Å². The number of benzene rings is 2. The molecule has 0 aromatic heterocycles. The number of ether oxygens (including phenoxy) is 1. The normalized spacial score (nSPS) is 10.2. The predicted octanol–water partition coefficient (Wildman–Crippen LogP) is 3.43. The topological polar surface area (TPSA) is 70.7 Å². The van der Waals surface area contributed by atoms with E-state index in [0.717, 1.165) is 24.3 Å². The van der Waals surface area contributed by atoms with Crippen molar-refractivity contribution in [2.45, 2.75) is 20.8 Å². The number of rotatable bonds is 6. The van der Waals surface area contributed by atoms with E-state index in [2.05, 4.69) is 29.4 Å². The van der Waals surface area contributed by atoms with Gasteiger partial charge in [0.15, 0.2) is 0 Å². The molecule has 0 spiro atoms. The summed E-state index contributed by atoms with van der Waals surface area (Å²) in [6.45, 7) is 7.91. The van der Waals surface area contributed by atoms with Gasteiger partial charge in [-0.15, -0.1) is 0 Å². The number of hydrogen-bond acceptors (Lipinski definition) is 4. The van der Waals surface area contributed by atoms with Gasteiger partial charge < -0.3 is 20.3 Å². The number of nitrogens with zero attached hydrogens (tertiary/aromatic N) is 1. The summed E-state index contributed by atoms with van der Waals surface area (Å²) in [6.07, 6.45) is 0. The van der Waals surface area contributed by atoms with Crippen molar-refractivity contribution in [3.8, 4) is 5.75 Å². The van der Waals surface area contributed by atoms with Gasteiger partial charge in [0.05, 0.1) is 7.11 Å². The summed E-state index contributed by atoms with van der Waals surface area (Å²) >= 11 is 0. The van der Waals surface area contributed by atoms with E-state index in [1.165, 1.54) is 7.11 Å². The number of amides is 2.